The molecule has 0 radical (unpaired) electrons. The van der Waals surface area contributed by atoms with Crippen molar-refractivity contribution in [1.29, 1.82) is 0 Å². The molecule has 0 bridgehead atoms. The van der Waals surface area contributed by atoms with Crippen LogP contribution in [0.15, 0.2) is 24.3 Å². The Morgan fingerprint density at radius 3 is 1.16 bits per heavy atom. The highest BCUT2D eigenvalue weighted by atomic mass is 16.6. The van der Waals surface area contributed by atoms with Crippen molar-refractivity contribution in [1.82, 2.24) is 4.90 Å². The molecule has 37 heavy (non-hydrogen) atoms. The molecule has 2 N–H and O–H groups in total. The predicted octanol–water partition coefficient (Wildman–Crippen LogP) is 1.34. The highest BCUT2D eigenvalue weighted by Crippen LogP contribution is 2.19. The van der Waals surface area contributed by atoms with Crippen LogP contribution in [-0.2, 0) is 37.9 Å². The molecule has 0 fully saturated rings. The third kappa shape index (κ3) is 23.3. The fraction of sp³-hybridized carbons (Fsp3) is 0.769. The Balaban J connectivity index is 1.66. The van der Waals surface area contributed by atoms with E-state index in [1.807, 2.05) is 32.3 Å². The molecule has 0 aromatic heterocycles. The number of rotatable bonds is 28. The molecule has 0 spiro atoms. The third-order valence-electron chi connectivity index (χ3n) is 4.69. The summed E-state index contributed by atoms with van der Waals surface area (Å²) < 4.78 is 49.2. The Kier molecular flexibility index (Phi) is 23.6. The number of hydrogen-bond donors (Lipinski definition) is 1. The first kappa shape index (κ1) is 33.5. The van der Waals surface area contributed by atoms with Crippen LogP contribution in [0, 0.1) is 0 Å². The van der Waals surface area contributed by atoms with Crippen LogP contribution in [0.2, 0.25) is 0 Å². The van der Waals surface area contributed by atoms with Crippen molar-refractivity contribution in [3.63, 3.8) is 0 Å². The van der Waals surface area contributed by atoms with E-state index < -0.39 is 0 Å². The normalized spacial score (nSPS) is 11.4. The van der Waals surface area contributed by atoms with Gasteiger partial charge in [-0.15, -0.1) is 0 Å². The zero-order valence-electron chi connectivity index (χ0n) is 22.7. The Labute approximate surface area is 222 Å². The van der Waals surface area contributed by atoms with E-state index in [1.165, 1.54) is 0 Å². The van der Waals surface area contributed by atoms with Crippen LogP contribution >= 0.6 is 0 Å². The number of nitrogens with zero attached hydrogens (tertiary/aromatic N) is 1. The van der Waals surface area contributed by atoms with E-state index in [0.717, 1.165) is 13.2 Å². The van der Waals surface area contributed by atoms with Gasteiger partial charge in [-0.1, -0.05) is 12.1 Å². The van der Waals surface area contributed by atoms with Gasteiger partial charge in [-0.05, 0) is 26.2 Å². The van der Waals surface area contributed by atoms with Crippen LogP contribution < -0.4 is 10.5 Å². The molecule has 0 heterocycles. The molecule has 11 heteroatoms. The minimum absolute atomic E-state index is 0.445. The first-order valence-corrected chi connectivity index (χ1v) is 12.9. The third-order valence-corrected chi connectivity index (χ3v) is 4.69. The number of anilines is 1. The number of benzene rings is 1. The molecule has 0 saturated carbocycles. The van der Waals surface area contributed by atoms with E-state index in [2.05, 4.69) is 4.90 Å². The molecule has 1 aromatic rings. The molecule has 0 unspecified atom stereocenters. The van der Waals surface area contributed by atoms with Crippen molar-refractivity contribution in [2.24, 2.45) is 0 Å². The first-order valence-electron chi connectivity index (χ1n) is 12.9. The maximum absolute atomic E-state index is 5.81. The van der Waals surface area contributed by atoms with Gasteiger partial charge in [0, 0.05) is 6.54 Å². The summed E-state index contributed by atoms with van der Waals surface area (Å²) in [5.41, 5.74) is 6.43. The van der Waals surface area contributed by atoms with Crippen molar-refractivity contribution >= 4 is 5.69 Å². The zero-order valence-corrected chi connectivity index (χ0v) is 22.7. The molecule has 216 valence electrons. The van der Waals surface area contributed by atoms with Crippen LogP contribution in [0.4, 0.5) is 5.69 Å². The van der Waals surface area contributed by atoms with E-state index in [-0.39, 0.29) is 0 Å². The quantitative estimate of drug-likeness (QED) is 0.125. The van der Waals surface area contributed by atoms with Crippen LogP contribution in [-0.4, -0.2) is 138 Å². The van der Waals surface area contributed by atoms with Gasteiger partial charge in [0.25, 0.3) is 0 Å². The molecular formula is C26H48N2O9. The lowest BCUT2D eigenvalue weighted by Gasteiger charge is -2.10. The van der Waals surface area contributed by atoms with Gasteiger partial charge in [0.2, 0.25) is 0 Å². The first-order chi connectivity index (χ1) is 18.2. The van der Waals surface area contributed by atoms with Crippen molar-refractivity contribution in [2.75, 3.05) is 139 Å². The van der Waals surface area contributed by atoms with Crippen LogP contribution in [0.25, 0.3) is 0 Å². The highest BCUT2D eigenvalue weighted by molar-refractivity contribution is 5.51. The van der Waals surface area contributed by atoms with Gasteiger partial charge < -0.3 is 53.3 Å². The summed E-state index contributed by atoms with van der Waals surface area (Å²) in [7, 11) is 4.04. The maximum Gasteiger partial charge on any atom is 0.142 e. The van der Waals surface area contributed by atoms with Gasteiger partial charge in [0.05, 0.1) is 111 Å². The maximum atomic E-state index is 5.81. The monoisotopic (exact) mass is 532 g/mol. The lowest BCUT2D eigenvalue weighted by atomic mass is 10.3. The van der Waals surface area contributed by atoms with Crippen LogP contribution in [0.3, 0.4) is 0 Å². The molecular weight excluding hydrogens is 484 g/mol. The fourth-order valence-corrected chi connectivity index (χ4v) is 2.71. The molecule has 0 saturated heterocycles. The number of nitrogen functional groups attached to an aromatic ring is 1. The van der Waals surface area contributed by atoms with Crippen LogP contribution in [0.1, 0.15) is 0 Å². The van der Waals surface area contributed by atoms with E-state index in [4.69, 9.17) is 48.4 Å². The number of hydrogen-bond acceptors (Lipinski definition) is 11. The highest BCUT2D eigenvalue weighted by Gasteiger charge is 1.98. The standard InChI is InChI=1S/C26H48N2O9/c1-28(2)7-8-29-9-10-30-11-12-31-13-14-32-15-16-33-17-18-34-19-20-35-21-22-36-23-24-37-26-6-4-3-5-25(26)27/h3-6H,7-24,27H2,1-2H3. The second-order valence-electron chi connectivity index (χ2n) is 8.09. The van der Waals surface area contributed by atoms with E-state index in [1.54, 1.807) is 6.07 Å². The van der Waals surface area contributed by atoms with Gasteiger partial charge in [-0.2, -0.15) is 0 Å². The number of para-hydroxylation sites is 2. The lowest BCUT2D eigenvalue weighted by Crippen LogP contribution is -2.19. The van der Waals surface area contributed by atoms with Gasteiger partial charge in [0.1, 0.15) is 12.4 Å². The summed E-state index contributed by atoms with van der Waals surface area (Å²) in [6.07, 6.45) is 0. The minimum atomic E-state index is 0.445. The Hall–Kier alpha value is -1.54. The van der Waals surface area contributed by atoms with E-state index in [0.29, 0.717) is 117 Å². The van der Waals surface area contributed by atoms with Crippen LogP contribution in [0.5, 0.6) is 5.75 Å². The van der Waals surface area contributed by atoms with Crippen molar-refractivity contribution in [3.8, 4) is 5.75 Å². The second kappa shape index (κ2) is 26.1. The molecule has 0 atom stereocenters. The zero-order chi connectivity index (χ0) is 26.7. The molecule has 0 amide bonds. The van der Waals surface area contributed by atoms with Crippen molar-refractivity contribution < 1.29 is 42.6 Å². The van der Waals surface area contributed by atoms with Gasteiger partial charge in [0.15, 0.2) is 0 Å². The van der Waals surface area contributed by atoms with Gasteiger partial charge in [-0.3, -0.25) is 0 Å². The topological polar surface area (TPSA) is 112 Å². The Morgan fingerprint density at radius 2 is 0.811 bits per heavy atom. The summed E-state index contributed by atoms with van der Waals surface area (Å²) in [5.74, 6) is 0.673. The lowest BCUT2D eigenvalue weighted by molar-refractivity contribution is -0.0238. The number of likely N-dealkylation sites (N-methyl/N-ethyl adjacent to an activating group) is 1. The smallest absolute Gasteiger partial charge is 0.142 e. The average molecular weight is 533 g/mol. The summed E-state index contributed by atoms with van der Waals surface area (Å²) in [5, 5.41) is 0. The molecule has 0 aliphatic heterocycles. The summed E-state index contributed by atoms with van der Waals surface area (Å²) in [6.45, 7) is 10.0. The molecule has 1 rings (SSSR count). The Bertz CT molecular complexity index is 611. The van der Waals surface area contributed by atoms with Crippen molar-refractivity contribution in [3.05, 3.63) is 24.3 Å². The number of nitrogens with two attached hydrogens (primary N) is 1. The largest absolute Gasteiger partial charge is 0.489 e. The van der Waals surface area contributed by atoms with Gasteiger partial charge in [-0.25, -0.2) is 0 Å². The molecule has 0 aliphatic carbocycles. The van der Waals surface area contributed by atoms with E-state index >= 15 is 0 Å². The molecule has 11 nitrogen and oxygen atoms in total. The second-order valence-corrected chi connectivity index (χ2v) is 8.09. The SMILES string of the molecule is CN(C)CCOCCOCCOCCOCCOCCOCCOCCOCCOc1ccccc1N. The summed E-state index contributed by atoms with van der Waals surface area (Å²) in [4.78, 5) is 2.08. The number of ether oxygens (including phenoxy) is 9. The molecule has 0 aliphatic rings. The Morgan fingerprint density at radius 1 is 0.486 bits per heavy atom. The average Bonchev–Trinajstić information content (AvgIpc) is 2.89. The van der Waals surface area contributed by atoms with Crippen molar-refractivity contribution in [2.45, 2.75) is 0 Å². The minimum Gasteiger partial charge on any atom is -0.489 e. The predicted molar refractivity (Wildman–Crippen MR) is 141 cm³/mol. The summed E-state index contributed by atoms with van der Waals surface area (Å²) >= 11 is 0. The van der Waals surface area contributed by atoms with E-state index in [9.17, 15) is 0 Å². The fourth-order valence-electron chi connectivity index (χ4n) is 2.71. The van der Waals surface area contributed by atoms with Gasteiger partial charge >= 0.3 is 0 Å². The summed E-state index contributed by atoms with van der Waals surface area (Å²) in [6, 6.07) is 7.39. The molecule has 1 aromatic carbocycles.